The average Bonchev–Trinajstić information content (AvgIpc) is 2.80. The quantitative estimate of drug-likeness (QED) is 0.838. The molecule has 0 saturated carbocycles. The largest absolute Gasteiger partial charge is 0.341 e. The smallest absolute Gasteiger partial charge is 0.262 e. The van der Waals surface area contributed by atoms with Crippen LogP contribution in [-0.2, 0) is 4.79 Å². The lowest BCUT2D eigenvalue weighted by Crippen LogP contribution is -2.46. The highest BCUT2D eigenvalue weighted by molar-refractivity contribution is 6.22. The van der Waals surface area contributed by atoms with Crippen LogP contribution >= 0.6 is 0 Å². The van der Waals surface area contributed by atoms with E-state index in [0.29, 0.717) is 30.1 Å². The fraction of sp³-hybridized carbons (Fsp3) is 0.500. The summed E-state index contributed by atoms with van der Waals surface area (Å²) in [6, 6.07) is 5.18. The number of benzene rings is 1. The summed E-state index contributed by atoms with van der Waals surface area (Å²) in [6.07, 6.45) is 1.90. The van der Waals surface area contributed by atoms with Crippen molar-refractivity contribution in [3.05, 3.63) is 34.9 Å². The van der Waals surface area contributed by atoms with Gasteiger partial charge in [-0.3, -0.25) is 19.3 Å². The lowest BCUT2D eigenvalue weighted by Gasteiger charge is -2.32. The Labute approximate surface area is 141 Å². The number of hydrogen-bond donors (Lipinski definition) is 1. The fourth-order valence-corrected chi connectivity index (χ4v) is 3.46. The van der Waals surface area contributed by atoms with Gasteiger partial charge in [0.1, 0.15) is 6.54 Å². The number of rotatable bonds is 4. The molecule has 0 aliphatic carbocycles. The first-order valence-corrected chi connectivity index (χ1v) is 8.40. The Morgan fingerprint density at radius 1 is 1.17 bits per heavy atom. The predicted octanol–water partition coefficient (Wildman–Crippen LogP) is 1.05. The van der Waals surface area contributed by atoms with E-state index >= 15 is 0 Å². The number of nitrogens with zero attached hydrogens (tertiary/aromatic N) is 2. The minimum atomic E-state index is -0.367. The summed E-state index contributed by atoms with van der Waals surface area (Å²) in [5.74, 6) is -0.295. The number of imide groups is 1. The molecule has 3 amide bonds. The molecule has 1 fully saturated rings. The Bertz CT molecular complexity index is 678. The second-order valence-corrected chi connectivity index (χ2v) is 6.63. The molecule has 0 spiro atoms. The maximum atomic E-state index is 12.5. The van der Waals surface area contributed by atoms with Gasteiger partial charge in [-0.25, -0.2) is 0 Å². The van der Waals surface area contributed by atoms with Crippen molar-refractivity contribution >= 4 is 17.7 Å². The van der Waals surface area contributed by atoms with Gasteiger partial charge in [-0.2, -0.15) is 0 Å². The Morgan fingerprint density at radius 2 is 1.83 bits per heavy atom. The van der Waals surface area contributed by atoms with Crippen LogP contribution in [0.1, 0.15) is 39.1 Å². The molecule has 1 aromatic rings. The SMILES string of the molecule is CNCC1CCN(C(=O)CN2C(=O)c3ccc(C)cc3C2=O)CC1. The van der Waals surface area contributed by atoms with E-state index in [4.69, 9.17) is 0 Å². The topological polar surface area (TPSA) is 69.7 Å². The zero-order valence-corrected chi connectivity index (χ0v) is 14.2. The lowest BCUT2D eigenvalue weighted by molar-refractivity contribution is -0.132. The molecule has 3 rings (SSSR count). The van der Waals surface area contributed by atoms with Gasteiger partial charge in [-0.15, -0.1) is 0 Å². The van der Waals surface area contributed by atoms with Gasteiger partial charge in [0.05, 0.1) is 11.1 Å². The Balaban J connectivity index is 1.64. The number of likely N-dealkylation sites (tertiary alicyclic amines) is 1. The number of nitrogens with one attached hydrogen (secondary N) is 1. The van der Waals surface area contributed by atoms with Crippen LogP contribution in [-0.4, -0.2) is 60.7 Å². The van der Waals surface area contributed by atoms with Gasteiger partial charge < -0.3 is 10.2 Å². The first kappa shape index (κ1) is 16.6. The van der Waals surface area contributed by atoms with Gasteiger partial charge >= 0.3 is 0 Å². The molecule has 2 heterocycles. The van der Waals surface area contributed by atoms with Gasteiger partial charge in [-0.05, 0) is 51.4 Å². The molecule has 1 aromatic carbocycles. The second-order valence-electron chi connectivity index (χ2n) is 6.63. The first-order chi connectivity index (χ1) is 11.5. The molecule has 6 heteroatoms. The number of carbonyl (C=O) groups is 3. The van der Waals surface area contributed by atoms with Crippen molar-refractivity contribution in [1.82, 2.24) is 15.1 Å². The van der Waals surface area contributed by atoms with Crippen LogP contribution < -0.4 is 5.32 Å². The summed E-state index contributed by atoms with van der Waals surface area (Å²) in [5.41, 5.74) is 1.72. The molecular weight excluding hydrogens is 306 g/mol. The normalized spacial score (nSPS) is 18.2. The molecule has 1 saturated heterocycles. The number of fused-ring (bicyclic) bond motifs is 1. The highest BCUT2D eigenvalue weighted by Crippen LogP contribution is 2.24. The van der Waals surface area contributed by atoms with Crippen LogP contribution in [0.5, 0.6) is 0 Å². The number of hydrogen-bond acceptors (Lipinski definition) is 4. The summed E-state index contributed by atoms with van der Waals surface area (Å²) in [5, 5.41) is 3.17. The monoisotopic (exact) mass is 329 g/mol. The molecule has 0 atom stereocenters. The predicted molar refractivity (Wildman–Crippen MR) is 89.8 cm³/mol. The number of carbonyl (C=O) groups excluding carboxylic acids is 3. The van der Waals surface area contributed by atoms with Gasteiger partial charge in [0.15, 0.2) is 0 Å². The zero-order chi connectivity index (χ0) is 17.3. The van der Waals surface area contributed by atoms with E-state index in [2.05, 4.69) is 5.32 Å². The molecule has 0 radical (unpaired) electrons. The van der Waals surface area contributed by atoms with Crippen molar-refractivity contribution in [2.24, 2.45) is 5.92 Å². The minimum Gasteiger partial charge on any atom is -0.341 e. The maximum absolute atomic E-state index is 12.5. The molecular formula is C18H23N3O3. The molecule has 24 heavy (non-hydrogen) atoms. The van der Waals surface area contributed by atoms with Gasteiger partial charge in [-0.1, -0.05) is 11.6 Å². The summed E-state index contributed by atoms with van der Waals surface area (Å²) >= 11 is 0. The van der Waals surface area contributed by atoms with Crippen molar-refractivity contribution in [3.63, 3.8) is 0 Å². The van der Waals surface area contributed by atoms with Crippen LogP contribution in [0.2, 0.25) is 0 Å². The van der Waals surface area contributed by atoms with E-state index in [9.17, 15) is 14.4 Å². The van der Waals surface area contributed by atoms with Crippen molar-refractivity contribution in [2.75, 3.05) is 33.2 Å². The van der Waals surface area contributed by atoms with Crippen molar-refractivity contribution in [1.29, 1.82) is 0 Å². The van der Waals surface area contributed by atoms with E-state index in [1.165, 1.54) is 0 Å². The summed E-state index contributed by atoms with van der Waals surface area (Å²) in [6.45, 7) is 4.05. The first-order valence-electron chi connectivity index (χ1n) is 8.40. The number of piperidine rings is 1. The third kappa shape index (κ3) is 3.06. The third-order valence-corrected chi connectivity index (χ3v) is 4.88. The Kier molecular flexibility index (Phi) is 4.66. The van der Waals surface area contributed by atoms with E-state index in [1.807, 2.05) is 20.0 Å². The van der Waals surface area contributed by atoms with Crippen molar-refractivity contribution < 1.29 is 14.4 Å². The number of aryl methyl sites for hydroxylation is 1. The summed E-state index contributed by atoms with van der Waals surface area (Å²) < 4.78 is 0. The molecule has 6 nitrogen and oxygen atoms in total. The van der Waals surface area contributed by atoms with Gasteiger partial charge in [0.2, 0.25) is 5.91 Å². The number of amides is 3. The molecule has 0 aromatic heterocycles. The lowest BCUT2D eigenvalue weighted by atomic mass is 9.97. The molecule has 0 unspecified atom stereocenters. The van der Waals surface area contributed by atoms with E-state index in [-0.39, 0.29) is 24.3 Å². The van der Waals surface area contributed by atoms with E-state index in [0.717, 1.165) is 29.8 Å². The average molecular weight is 329 g/mol. The highest BCUT2D eigenvalue weighted by Gasteiger charge is 2.37. The van der Waals surface area contributed by atoms with Crippen molar-refractivity contribution in [3.8, 4) is 0 Å². The standard InChI is InChI=1S/C18H23N3O3/c1-12-3-4-14-15(9-12)18(24)21(17(14)23)11-16(22)20-7-5-13(6-8-20)10-19-2/h3-4,9,13,19H,5-8,10-11H2,1-2H3. The molecule has 1 N–H and O–H groups in total. The van der Waals surface area contributed by atoms with Crippen LogP contribution in [0.25, 0.3) is 0 Å². The van der Waals surface area contributed by atoms with Gasteiger partial charge in [0, 0.05) is 13.1 Å². The van der Waals surface area contributed by atoms with Crippen molar-refractivity contribution in [2.45, 2.75) is 19.8 Å². The molecule has 2 aliphatic rings. The van der Waals surface area contributed by atoms with Crippen LogP contribution in [0, 0.1) is 12.8 Å². The van der Waals surface area contributed by atoms with Gasteiger partial charge in [0.25, 0.3) is 11.8 Å². The maximum Gasteiger partial charge on any atom is 0.262 e. The van der Waals surface area contributed by atoms with E-state index < -0.39 is 0 Å². The van der Waals surface area contributed by atoms with Crippen LogP contribution in [0.3, 0.4) is 0 Å². The zero-order valence-electron chi connectivity index (χ0n) is 14.2. The van der Waals surface area contributed by atoms with Crippen LogP contribution in [0.15, 0.2) is 18.2 Å². The summed E-state index contributed by atoms with van der Waals surface area (Å²) in [4.78, 5) is 40.2. The minimum absolute atomic E-state index is 0.149. The third-order valence-electron chi connectivity index (χ3n) is 4.88. The second kappa shape index (κ2) is 6.73. The highest BCUT2D eigenvalue weighted by atomic mass is 16.2. The molecule has 2 aliphatic heterocycles. The molecule has 0 bridgehead atoms. The Morgan fingerprint density at radius 3 is 2.50 bits per heavy atom. The fourth-order valence-electron chi connectivity index (χ4n) is 3.46. The van der Waals surface area contributed by atoms with Crippen LogP contribution in [0.4, 0.5) is 0 Å². The van der Waals surface area contributed by atoms with E-state index in [1.54, 1.807) is 17.0 Å². The molecule has 128 valence electrons. The Hall–Kier alpha value is -2.21. The summed E-state index contributed by atoms with van der Waals surface area (Å²) in [7, 11) is 1.93.